The molecule has 0 spiro atoms. The van der Waals surface area contributed by atoms with Gasteiger partial charge in [-0.15, -0.1) is 0 Å². The maximum absolute atomic E-state index is 10.7. The first-order valence-electron chi connectivity index (χ1n) is 7.78. The average Bonchev–Trinajstić information content (AvgIpc) is 2.95. The fourth-order valence-electron chi connectivity index (χ4n) is 2.29. The van der Waals surface area contributed by atoms with E-state index in [4.69, 9.17) is 5.11 Å². The Morgan fingerprint density at radius 1 is 1.33 bits per heavy atom. The van der Waals surface area contributed by atoms with Crippen LogP contribution in [0, 0.1) is 10.1 Å². The zero-order valence-electron chi connectivity index (χ0n) is 13.6. The molecular formula is C16H22N4O3S. The first-order chi connectivity index (χ1) is 11.6. The molecule has 0 radical (unpaired) electrons. The van der Waals surface area contributed by atoms with Gasteiger partial charge in [0.1, 0.15) is 0 Å². The van der Waals surface area contributed by atoms with Crippen molar-refractivity contribution in [3.05, 3.63) is 46.1 Å². The third-order valence-electron chi connectivity index (χ3n) is 3.44. The van der Waals surface area contributed by atoms with Gasteiger partial charge in [0.05, 0.1) is 10.6 Å². The van der Waals surface area contributed by atoms with Crippen molar-refractivity contribution >= 4 is 17.4 Å². The van der Waals surface area contributed by atoms with Crippen molar-refractivity contribution in [3.63, 3.8) is 0 Å². The molecule has 0 fully saturated rings. The molecule has 0 unspecified atom stereocenters. The van der Waals surface area contributed by atoms with Crippen LogP contribution in [0.2, 0.25) is 0 Å². The van der Waals surface area contributed by atoms with E-state index in [1.165, 1.54) is 12.1 Å². The quantitative estimate of drug-likeness (QED) is 0.388. The molecular weight excluding hydrogens is 328 g/mol. The van der Waals surface area contributed by atoms with Gasteiger partial charge in [-0.2, -0.15) is 16.9 Å². The third-order valence-corrected chi connectivity index (χ3v) is 4.51. The highest BCUT2D eigenvalue weighted by Crippen LogP contribution is 2.24. The van der Waals surface area contributed by atoms with Crippen molar-refractivity contribution in [2.24, 2.45) is 7.05 Å². The molecule has 2 aromatic rings. The summed E-state index contributed by atoms with van der Waals surface area (Å²) in [5.41, 5.74) is 2.85. The third kappa shape index (κ3) is 5.33. The lowest BCUT2D eigenvalue weighted by molar-refractivity contribution is -0.384. The Labute approximate surface area is 145 Å². The Balaban J connectivity index is 1.93. The van der Waals surface area contributed by atoms with E-state index < -0.39 is 4.92 Å². The minimum atomic E-state index is -0.404. The lowest BCUT2D eigenvalue weighted by Gasteiger charge is -2.05. The molecule has 0 aliphatic carbocycles. The van der Waals surface area contributed by atoms with Gasteiger partial charge in [0, 0.05) is 62.0 Å². The molecule has 1 heterocycles. The molecule has 0 bridgehead atoms. The number of benzene rings is 1. The summed E-state index contributed by atoms with van der Waals surface area (Å²) in [7, 11) is 1.86. The second-order valence-electron chi connectivity index (χ2n) is 5.35. The van der Waals surface area contributed by atoms with E-state index in [1.807, 2.05) is 25.0 Å². The van der Waals surface area contributed by atoms with Crippen molar-refractivity contribution in [1.82, 2.24) is 15.1 Å². The van der Waals surface area contributed by atoms with Gasteiger partial charge in [-0.3, -0.25) is 14.8 Å². The van der Waals surface area contributed by atoms with Crippen LogP contribution in [0.15, 0.2) is 30.5 Å². The number of aliphatic hydroxyl groups excluding tert-OH is 1. The molecule has 0 aliphatic rings. The molecule has 7 nitrogen and oxygen atoms in total. The number of hydrogen-bond donors (Lipinski definition) is 2. The smallest absolute Gasteiger partial charge is 0.269 e. The monoisotopic (exact) mass is 350 g/mol. The summed E-state index contributed by atoms with van der Waals surface area (Å²) in [6.07, 6.45) is 2.79. The van der Waals surface area contributed by atoms with Gasteiger partial charge in [0.25, 0.3) is 5.69 Å². The number of nitrogens with zero attached hydrogens (tertiary/aromatic N) is 3. The molecule has 0 saturated heterocycles. The number of nitro groups is 1. The fourth-order valence-corrected chi connectivity index (χ4v) is 3.11. The van der Waals surface area contributed by atoms with Crippen molar-refractivity contribution in [3.8, 4) is 11.3 Å². The summed E-state index contributed by atoms with van der Waals surface area (Å²) in [5.74, 6) is 1.96. The van der Waals surface area contributed by atoms with Gasteiger partial charge in [-0.1, -0.05) is 0 Å². The number of aromatic nitrogens is 2. The van der Waals surface area contributed by atoms with Gasteiger partial charge in [0.2, 0.25) is 0 Å². The van der Waals surface area contributed by atoms with Crippen LogP contribution in [0.5, 0.6) is 0 Å². The highest BCUT2D eigenvalue weighted by Gasteiger charge is 2.12. The van der Waals surface area contributed by atoms with Crippen LogP contribution in [0.3, 0.4) is 0 Å². The highest BCUT2D eigenvalue weighted by molar-refractivity contribution is 7.99. The number of thioether (sulfide) groups is 1. The molecule has 0 saturated carbocycles. The van der Waals surface area contributed by atoms with Crippen LogP contribution in [0.25, 0.3) is 11.3 Å². The minimum Gasteiger partial charge on any atom is -0.396 e. The summed E-state index contributed by atoms with van der Waals surface area (Å²) in [6, 6.07) is 6.46. The standard InChI is InChI=1S/C16H22N4O3S/c1-19-12-14(11-17-7-10-24-9-2-8-21)16(18-19)13-3-5-15(6-4-13)20(22)23/h3-6,12,17,21H,2,7-11H2,1H3. The normalized spacial score (nSPS) is 10.9. The first kappa shape index (κ1) is 18.4. The van der Waals surface area contributed by atoms with Crippen LogP contribution in [-0.4, -0.2) is 44.5 Å². The Kier molecular flexibility index (Phi) is 7.23. The van der Waals surface area contributed by atoms with Gasteiger partial charge >= 0.3 is 0 Å². The maximum Gasteiger partial charge on any atom is 0.269 e. The molecule has 1 aromatic heterocycles. The van der Waals surface area contributed by atoms with Crippen LogP contribution in [0.1, 0.15) is 12.0 Å². The topological polar surface area (TPSA) is 93.2 Å². The van der Waals surface area contributed by atoms with Crippen molar-refractivity contribution in [1.29, 1.82) is 0 Å². The lowest BCUT2D eigenvalue weighted by Crippen LogP contribution is -2.17. The van der Waals surface area contributed by atoms with Crippen molar-refractivity contribution in [2.45, 2.75) is 13.0 Å². The zero-order valence-corrected chi connectivity index (χ0v) is 14.5. The van der Waals surface area contributed by atoms with Gasteiger partial charge < -0.3 is 10.4 Å². The number of non-ortho nitro benzene ring substituents is 1. The minimum absolute atomic E-state index is 0.0780. The van der Waals surface area contributed by atoms with E-state index in [0.29, 0.717) is 6.54 Å². The van der Waals surface area contributed by atoms with E-state index in [0.717, 1.165) is 41.3 Å². The number of rotatable bonds is 10. The first-order valence-corrected chi connectivity index (χ1v) is 8.94. The summed E-state index contributed by atoms with van der Waals surface area (Å²) in [6.45, 7) is 1.82. The summed E-state index contributed by atoms with van der Waals surface area (Å²) >= 11 is 1.82. The molecule has 1 aromatic carbocycles. The summed E-state index contributed by atoms with van der Waals surface area (Å²) < 4.78 is 1.75. The van der Waals surface area contributed by atoms with Crippen LogP contribution < -0.4 is 5.32 Å². The second kappa shape index (κ2) is 9.41. The summed E-state index contributed by atoms with van der Waals surface area (Å²) in [4.78, 5) is 10.3. The Morgan fingerprint density at radius 3 is 2.75 bits per heavy atom. The SMILES string of the molecule is Cn1cc(CNCCSCCCO)c(-c2ccc([N+](=O)[O-])cc2)n1. The number of aliphatic hydroxyl groups is 1. The Morgan fingerprint density at radius 2 is 2.08 bits per heavy atom. The van der Waals surface area contributed by atoms with E-state index in [2.05, 4.69) is 10.4 Å². The number of aryl methyl sites for hydroxylation is 1. The number of nitro benzene ring substituents is 1. The molecule has 24 heavy (non-hydrogen) atoms. The predicted molar refractivity (Wildman–Crippen MR) is 96.0 cm³/mol. The molecule has 0 amide bonds. The molecule has 0 atom stereocenters. The van der Waals surface area contributed by atoms with Crippen LogP contribution in [0.4, 0.5) is 5.69 Å². The molecule has 2 rings (SSSR count). The van der Waals surface area contributed by atoms with Crippen LogP contribution in [-0.2, 0) is 13.6 Å². The van der Waals surface area contributed by atoms with Crippen molar-refractivity contribution < 1.29 is 10.0 Å². The highest BCUT2D eigenvalue weighted by atomic mass is 32.2. The van der Waals surface area contributed by atoms with Gasteiger partial charge in [0.15, 0.2) is 0 Å². The Hall–Kier alpha value is -1.90. The molecule has 2 N–H and O–H groups in total. The van der Waals surface area contributed by atoms with E-state index in [-0.39, 0.29) is 12.3 Å². The van der Waals surface area contributed by atoms with Crippen molar-refractivity contribution in [2.75, 3.05) is 24.7 Å². The van der Waals surface area contributed by atoms with Crippen LogP contribution >= 0.6 is 11.8 Å². The second-order valence-corrected chi connectivity index (χ2v) is 6.57. The van der Waals surface area contributed by atoms with E-state index in [9.17, 15) is 10.1 Å². The fraction of sp³-hybridized carbons (Fsp3) is 0.438. The van der Waals surface area contributed by atoms with E-state index in [1.54, 1.807) is 16.8 Å². The molecule has 0 aliphatic heterocycles. The zero-order chi connectivity index (χ0) is 17.4. The average molecular weight is 350 g/mol. The predicted octanol–water partition coefficient (Wildman–Crippen LogP) is 2.20. The lowest BCUT2D eigenvalue weighted by atomic mass is 10.1. The largest absolute Gasteiger partial charge is 0.396 e. The maximum atomic E-state index is 10.7. The molecule has 8 heteroatoms. The van der Waals surface area contributed by atoms with Gasteiger partial charge in [-0.05, 0) is 24.3 Å². The molecule has 130 valence electrons. The number of nitrogens with one attached hydrogen (secondary N) is 1. The number of hydrogen-bond acceptors (Lipinski definition) is 6. The van der Waals surface area contributed by atoms with Gasteiger partial charge in [-0.25, -0.2) is 0 Å². The van der Waals surface area contributed by atoms with E-state index >= 15 is 0 Å². The Bertz CT molecular complexity index is 658. The summed E-state index contributed by atoms with van der Waals surface area (Å²) in [5, 5.41) is 27.3.